The summed E-state index contributed by atoms with van der Waals surface area (Å²) in [6.07, 6.45) is 4.95. The van der Waals surface area contributed by atoms with Crippen molar-refractivity contribution in [2.75, 3.05) is 13.1 Å². The van der Waals surface area contributed by atoms with Gasteiger partial charge in [-0.25, -0.2) is 0 Å². The van der Waals surface area contributed by atoms with Crippen molar-refractivity contribution in [1.29, 1.82) is 0 Å². The van der Waals surface area contributed by atoms with Gasteiger partial charge in [0.15, 0.2) is 5.96 Å². The Kier molecular flexibility index (Phi) is 9.04. The summed E-state index contributed by atoms with van der Waals surface area (Å²) in [6, 6.07) is 18.5. The monoisotopic (exact) mass is 476 g/mol. The van der Waals surface area contributed by atoms with E-state index >= 15 is 0 Å². The van der Waals surface area contributed by atoms with Gasteiger partial charge in [0.2, 0.25) is 0 Å². The van der Waals surface area contributed by atoms with Gasteiger partial charge in [-0.2, -0.15) is 0 Å². The van der Waals surface area contributed by atoms with E-state index < -0.39 is 0 Å². The zero-order valence-corrected chi connectivity index (χ0v) is 23.0. The second-order valence-corrected chi connectivity index (χ2v) is 12.7. The number of hydrogen-bond acceptors (Lipinski definition) is 2. The number of guanidine groups is 1. The van der Waals surface area contributed by atoms with Crippen molar-refractivity contribution in [3.63, 3.8) is 0 Å². The second kappa shape index (κ2) is 11.6. The van der Waals surface area contributed by atoms with Gasteiger partial charge < -0.3 is 11.5 Å². The molecule has 0 spiro atoms. The van der Waals surface area contributed by atoms with E-state index in [2.05, 4.69) is 100.0 Å². The molecule has 0 aliphatic heterocycles. The maximum absolute atomic E-state index is 5.54. The van der Waals surface area contributed by atoms with Crippen LogP contribution < -0.4 is 11.5 Å². The molecule has 0 heterocycles. The van der Waals surface area contributed by atoms with Crippen molar-refractivity contribution in [3.05, 3.63) is 70.8 Å². The minimum absolute atomic E-state index is 0.185. The lowest BCUT2D eigenvalue weighted by molar-refractivity contribution is 0.170. The van der Waals surface area contributed by atoms with Gasteiger partial charge in [0, 0.05) is 26.2 Å². The normalized spacial score (nSPS) is 19.1. The highest BCUT2D eigenvalue weighted by molar-refractivity contribution is 5.75. The third-order valence-electron chi connectivity index (χ3n) is 7.47. The molecule has 4 nitrogen and oxygen atoms in total. The average Bonchev–Trinajstić information content (AvgIpc) is 2.78. The summed E-state index contributed by atoms with van der Waals surface area (Å²) in [5, 5.41) is 0. The lowest BCUT2D eigenvalue weighted by atomic mass is 9.81. The molecule has 0 amide bonds. The van der Waals surface area contributed by atoms with E-state index in [0.717, 1.165) is 32.1 Å². The minimum Gasteiger partial charge on any atom is -0.370 e. The predicted octanol–water partition coefficient (Wildman–Crippen LogP) is 6.36. The molecule has 2 aromatic carbocycles. The van der Waals surface area contributed by atoms with Crippen LogP contribution in [-0.4, -0.2) is 23.9 Å². The number of hydrogen-bond donors (Lipinski definition) is 2. The Bertz CT molecular complexity index is 874. The zero-order chi connectivity index (χ0) is 25.6. The SMILES string of the molecule is CC(C)(C)c1ccc(CN(Cc2ccc(C(C)(C)C)cc2)CC2CCC(CN=C(N)N)CC2)cc1. The summed E-state index contributed by atoms with van der Waals surface area (Å²) < 4.78 is 0. The second-order valence-electron chi connectivity index (χ2n) is 12.7. The molecule has 1 aliphatic rings. The van der Waals surface area contributed by atoms with Gasteiger partial charge in [0.05, 0.1) is 0 Å². The molecule has 35 heavy (non-hydrogen) atoms. The maximum atomic E-state index is 5.54. The largest absolute Gasteiger partial charge is 0.370 e. The molecular formula is C31H48N4. The van der Waals surface area contributed by atoms with Crippen LogP contribution in [0.15, 0.2) is 53.5 Å². The summed E-state index contributed by atoms with van der Waals surface area (Å²) >= 11 is 0. The van der Waals surface area contributed by atoms with Gasteiger partial charge in [-0.3, -0.25) is 9.89 Å². The number of nitrogens with zero attached hydrogens (tertiary/aromatic N) is 2. The molecule has 0 bridgehead atoms. The first kappa shape index (κ1) is 27.3. The first-order chi connectivity index (χ1) is 16.4. The number of rotatable bonds is 8. The first-order valence-electron chi connectivity index (χ1n) is 13.4. The smallest absolute Gasteiger partial charge is 0.185 e. The highest BCUT2D eigenvalue weighted by atomic mass is 15.1. The molecule has 192 valence electrons. The van der Waals surface area contributed by atoms with Crippen LogP contribution in [0, 0.1) is 11.8 Å². The number of aliphatic imine (C=N–C) groups is 1. The highest BCUT2D eigenvalue weighted by Gasteiger charge is 2.23. The third-order valence-corrected chi connectivity index (χ3v) is 7.47. The van der Waals surface area contributed by atoms with E-state index in [1.807, 2.05) is 0 Å². The van der Waals surface area contributed by atoms with Crippen LogP contribution in [0.25, 0.3) is 0 Å². The lowest BCUT2D eigenvalue weighted by Crippen LogP contribution is -2.32. The van der Waals surface area contributed by atoms with Crippen molar-refractivity contribution in [3.8, 4) is 0 Å². The van der Waals surface area contributed by atoms with E-state index in [9.17, 15) is 0 Å². The van der Waals surface area contributed by atoms with Crippen molar-refractivity contribution in [2.45, 2.75) is 91.1 Å². The Morgan fingerprint density at radius 2 is 1.11 bits per heavy atom. The van der Waals surface area contributed by atoms with Crippen LogP contribution in [0.2, 0.25) is 0 Å². The van der Waals surface area contributed by atoms with Gasteiger partial charge in [0.1, 0.15) is 0 Å². The Hall–Kier alpha value is -2.33. The molecule has 0 unspecified atom stereocenters. The number of benzene rings is 2. The summed E-state index contributed by atoms with van der Waals surface area (Å²) in [5.74, 6) is 1.57. The standard InChI is InChI=1S/C31H48N4/c1-30(2,3)27-15-11-25(12-16-27)21-35(22-26-13-17-28(18-14-26)31(4,5)6)20-24-9-7-23(8-10-24)19-34-29(32)33/h11-18,23-24H,7-10,19-22H2,1-6H3,(H4,32,33,34). The van der Waals surface area contributed by atoms with E-state index in [-0.39, 0.29) is 16.8 Å². The molecule has 1 fully saturated rings. The van der Waals surface area contributed by atoms with Crippen LogP contribution in [0.3, 0.4) is 0 Å². The summed E-state index contributed by atoms with van der Waals surface area (Å²) in [6.45, 7) is 17.5. The Labute approximate surface area is 214 Å². The minimum atomic E-state index is 0.185. The van der Waals surface area contributed by atoms with Gasteiger partial charge in [-0.1, -0.05) is 90.1 Å². The average molecular weight is 477 g/mol. The highest BCUT2D eigenvalue weighted by Crippen LogP contribution is 2.31. The summed E-state index contributed by atoms with van der Waals surface area (Å²) in [4.78, 5) is 6.91. The molecule has 0 saturated heterocycles. The van der Waals surface area contributed by atoms with Crippen LogP contribution in [0.4, 0.5) is 0 Å². The van der Waals surface area contributed by atoms with Crippen LogP contribution in [0.1, 0.15) is 89.5 Å². The van der Waals surface area contributed by atoms with Crippen LogP contribution >= 0.6 is 0 Å². The molecule has 4 N–H and O–H groups in total. The quantitative estimate of drug-likeness (QED) is 0.344. The fraction of sp³-hybridized carbons (Fsp3) is 0.581. The van der Waals surface area contributed by atoms with Gasteiger partial charge >= 0.3 is 0 Å². The molecule has 0 radical (unpaired) electrons. The summed E-state index contributed by atoms with van der Waals surface area (Å²) in [5.41, 5.74) is 17.0. The fourth-order valence-corrected chi connectivity index (χ4v) is 5.12. The van der Waals surface area contributed by atoms with Gasteiger partial charge in [-0.15, -0.1) is 0 Å². The van der Waals surface area contributed by atoms with Crippen molar-refractivity contribution >= 4 is 5.96 Å². The van der Waals surface area contributed by atoms with Gasteiger partial charge in [-0.05, 0) is 70.6 Å². The zero-order valence-electron chi connectivity index (χ0n) is 23.0. The maximum Gasteiger partial charge on any atom is 0.185 e. The molecule has 1 aliphatic carbocycles. The molecule has 4 heteroatoms. The van der Waals surface area contributed by atoms with E-state index in [4.69, 9.17) is 11.5 Å². The van der Waals surface area contributed by atoms with Crippen LogP contribution in [0.5, 0.6) is 0 Å². The van der Waals surface area contributed by atoms with E-state index in [1.54, 1.807) is 0 Å². The van der Waals surface area contributed by atoms with Crippen molar-refractivity contribution in [2.24, 2.45) is 28.3 Å². The molecule has 0 atom stereocenters. The topological polar surface area (TPSA) is 67.6 Å². The van der Waals surface area contributed by atoms with Crippen LogP contribution in [-0.2, 0) is 23.9 Å². The molecule has 1 saturated carbocycles. The Morgan fingerprint density at radius 1 is 0.714 bits per heavy atom. The van der Waals surface area contributed by atoms with Crippen molar-refractivity contribution < 1.29 is 0 Å². The molecule has 0 aromatic heterocycles. The molecule has 2 aromatic rings. The lowest BCUT2D eigenvalue weighted by Gasteiger charge is -2.33. The fourth-order valence-electron chi connectivity index (χ4n) is 5.12. The van der Waals surface area contributed by atoms with E-state index in [1.165, 1.54) is 47.9 Å². The molecular weight excluding hydrogens is 428 g/mol. The predicted molar refractivity (Wildman–Crippen MR) is 151 cm³/mol. The number of nitrogens with two attached hydrogens (primary N) is 2. The van der Waals surface area contributed by atoms with Gasteiger partial charge in [0.25, 0.3) is 0 Å². The van der Waals surface area contributed by atoms with Crippen molar-refractivity contribution in [1.82, 2.24) is 4.90 Å². The summed E-state index contributed by atoms with van der Waals surface area (Å²) in [7, 11) is 0. The Balaban J connectivity index is 1.69. The Morgan fingerprint density at radius 3 is 1.49 bits per heavy atom. The van der Waals surface area contributed by atoms with E-state index in [0.29, 0.717) is 5.92 Å². The molecule has 3 rings (SSSR count). The third kappa shape index (κ3) is 8.68. The first-order valence-corrected chi connectivity index (χ1v) is 13.4.